The van der Waals surface area contributed by atoms with E-state index in [1.807, 2.05) is 0 Å². The molecule has 11 heavy (non-hydrogen) atoms. The molecule has 0 aliphatic rings. The van der Waals surface area contributed by atoms with Crippen molar-refractivity contribution in [1.82, 2.24) is 4.90 Å². The van der Waals surface area contributed by atoms with Gasteiger partial charge in [0.05, 0.1) is 0 Å². The average molecular weight is 172 g/mol. The summed E-state index contributed by atoms with van der Waals surface area (Å²) in [5.41, 5.74) is 0. The van der Waals surface area contributed by atoms with Crippen molar-refractivity contribution in [1.29, 1.82) is 0 Å². The number of hydrogen-bond donors (Lipinski definition) is 0. The topological polar surface area (TPSA) is 3.24 Å². The molecule has 0 fully saturated rings. The minimum atomic E-state index is 1.25. The van der Waals surface area contributed by atoms with Crippen LogP contribution in [0.3, 0.4) is 0 Å². The monoisotopic (exact) mass is 172 g/mol. The highest BCUT2D eigenvalue weighted by Crippen LogP contribution is 1.96. The summed E-state index contributed by atoms with van der Waals surface area (Å²) in [6.07, 6.45) is 6.63. The van der Waals surface area contributed by atoms with E-state index >= 15 is 0 Å². The first-order valence-corrected chi connectivity index (χ1v) is 5.86. The summed E-state index contributed by atoms with van der Waals surface area (Å²) in [6.45, 7) is 7.13. The van der Waals surface area contributed by atoms with Crippen molar-refractivity contribution in [2.24, 2.45) is 0 Å². The van der Waals surface area contributed by atoms with E-state index in [-0.39, 0.29) is 0 Å². The van der Waals surface area contributed by atoms with Crippen LogP contribution in [-0.4, -0.2) is 34.4 Å². The summed E-state index contributed by atoms with van der Waals surface area (Å²) in [5.74, 6) is 0. The van der Waals surface area contributed by atoms with Gasteiger partial charge in [-0.05, 0) is 32.1 Å². The van der Waals surface area contributed by atoms with E-state index in [9.17, 15) is 0 Å². The zero-order valence-corrected chi connectivity index (χ0v) is 9.52. The van der Waals surface area contributed by atoms with E-state index in [1.165, 1.54) is 44.9 Å². The Bertz CT molecular complexity index is 68.0. The highest BCUT2D eigenvalue weighted by atomic mass is 28.1. The molecule has 0 rings (SSSR count). The second kappa shape index (κ2) is 8.28. The van der Waals surface area contributed by atoms with Gasteiger partial charge in [0.25, 0.3) is 0 Å². The summed E-state index contributed by atoms with van der Waals surface area (Å²) in [4.78, 5) is 2.56. The molecular weight excluding hydrogens is 150 g/mol. The number of hydrogen-bond acceptors (Lipinski definition) is 1. The highest BCUT2D eigenvalue weighted by Gasteiger charge is 1.98. The van der Waals surface area contributed by atoms with Gasteiger partial charge in [-0.15, -0.1) is 0 Å². The minimum Gasteiger partial charge on any atom is -0.307 e. The Morgan fingerprint density at radius 3 is 1.73 bits per heavy atom. The molecule has 0 amide bonds. The molecule has 1 radical (unpaired) electrons. The van der Waals surface area contributed by atoms with Gasteiger partial charge in [-0.3, -0.25) is 0 Å². The van der Waals surface area contributed by atoms with Crippen LogP contribution in [0.15, 0.2) is 0 Å². The van der Waals surface area contributed by atoms with Gasteiger partial charge < -0.3 is 4.90 Å². The average Bonchev–Trinajstić information content (AvgIpc) is 2.05. The van der Waals surface area contributed by atoms with E-state index in [0.717, 1.165) is 0 Å². The van der Waals surface area contributed by atoms with E-state index in [4.69, 9.17) is 0 Å². The molecule has 0 bridgehead atoms. The summed E-state index contributed by atoms with van der Waals surface area (Å²) < 4.78 is 0. The SMILES string of the molecule is CCCCN(C[SiH2])CCCC. The standard InChI is InChI=1S/C9H22NSi/c1-3-5-7-10(9-11)8-6-4-2/h3-9,11H2,1-2H3. The van der Waals surface area contributed by atoms with Gasteiger partial charge in [0.2, 0.25) is 0 Å². The largest absolute Gasteiger partial charge is 0.307 e. The van der Waals surface area contributed by atoms with Crippen LogP contribution in [0.5, 0.6) is 0 Å². The Labute approximate surface area is 74.6 Å². The molecule has 0 N–H and O–H groups in total. The van der Waals surface area contributed by atoms with Crippen molar-refractivity contribution in [2.45, 2.75) is 39.5 Å². The second-order valence-electron chi connectivity index (χ2n) is 3.05. The molecule has 0 spiro atoms. The lowest BCUT2D eigenvalue weighted by molar-refractivity contribution is 0.306. The minimum absolute atomic E-state index is 1.25. The molecule has 0 aromatic carbocycles. The van der Waals surface area contributed by atoms with Crippen LogP contribution in [0.2, 0.25) is 0 Å². The zero-order valence-electron chi connectivity index (χ0n) is 8.10. The van der Waals surface area contributed by atoms with Crippen molar-refractivity contribution in [3.8, 4) is 0 Å². The Kier molecular flexibility index (Phi) is 8.41. The third-order valence-electron chi connectivity index (χ3n) is 1.97. The molecule has 0 heterocycles. The van der Waals surface area contributed by atoms with Gasteiger partial charge in [0, 0.05) is 10.2 Å². The summed E-state index contributed by atoms with van der Waals surface area (Å²) in [5, 5.41) is 0. The second-order valence-corrected chi connectivity index (χ2v) is 3.50. The highest BCUT2D eigenvalue weighted by molar-refractivity contribution is 6.08. The molecule has 2 heteroatoms. The van der Waals surface area contributed by atoms with E-state index < -0.39 is 0 Å². The number of unbranched alkanes of at least 4 members (excludes halogenated alkanes) is 2. The van der Waals surface area contributed by atoms with Crippen LogP contribution in [-0.2, 0) is 0 Å². The Balaban J connectivity index is 3.25. The van der Waals surface area contributed by atoms with Crippen LogP contribution >= 0.6 is 0 Å². The maximum absolute atomic E-state index is 2.56. The summed E-state index contributed by atoms with van der Waals surface area (Å²) >= 11 is 0. The van der Waals surface area contributed by atoms with Crippen LogP contribution in [0.4, 0.5) is 0 Å². The Morgan fingerprint density at radius 2 is 1.45 bits per heavy atom. The van der Waals surface area contributed by atoms with E-state index in [1.54, 1.807) is 0 Å². The normalized spacial score (nSPS) is 10.9. The van der Waals surface area contributed by atoms with Crippen LogP contribution in [0, 0.1) is 0 Å². The Morgan fingerprint density at radius 1 is 1.00 bits per heavy atom. The zero-order chi connectivity index (χ0) is 8.53. The van der Waals surface area contributed by atoms with Crippen molar-refractivity contribution >= 4 is 10.2 Å². The van der Waals surface area contributed by atoms with Gasteiger partial charge in [-0.25, -0.2) is 0 Å². The van der Waals surface area contributed by atoms with Crippen molar-refractivity contribution in [2.75, 3.05) is 19.3 Å². The van der Waals surface area contributed by atoms with Crippen molar-refractivity contribution in [3.05, 3.63) is 0 Å². The molecule has 0 aliphatic heterocycles. The molecule has 0 aromatic rings. The lowest BCUT2D eigenvalue weighted by Gasteiger charge is -2.19. The van der Waals surface area contributed by atoms with Gasteiger partial charge in [0.15, 0.2) is 0 Å². The van der Waals surface area contributed by atoms with Gasteiger partial charge in [0.1, 0.15) is 0 Å². The molecule has 67 valence electrons. The molecule has 0 aliphatic carbocycles. The van der Waals surface area contributed by atoms with Gasteiger partial charge >= 0.3 is 0 Å². The molecule has 0 saturated heterocycles. The van der Waals surface area contributed by atoms with Crippen molar-refractivity contribution in [3.63, 3.8) is 0 Å². The fraction of sp³-hybridized carbons (Fsp3) is 1.00. The van der Waals surface area contributed by atoms with E-state index in [0.29, 0.717) is 0 Å². The maximum atomic E-state index is 2.56. The van der Waals surface area contributed by atoms with Crippen molar-refractivity contribution < 1.29 is 0 Å². The quantitative estimate of drug-likeness (QED) is 0.526. The van der Waals surface area contributed by atoms with Gasteiger partial charge in [-0.1, -0.05) is 26.7 Å². The number of rotatable bonds is 7. The molecule has 0 atom stereocenters. The van der Waals surface area contributed by atoms with Gasteiger partial charge in [-0.2, -0.15) is 0 Å². The third kappa shape index (κ3) is 6.57. The van der Waals surface area contributed by atoms with Crippen LogP contribution in [0.25, 0.3) is 0 Å². The Hall–Kier alpha value is 0.177. The first-order valence-electron chi connectivity index (χ1n) is 4.86. The molecule has 0 aromatic heterocycles. The summed E-state index contributed by atoms with van der Waals surface area (Å²) in [7, 11) is 2.07. The fourth-order valence-corrected chi connectivity index (χ4v) is 1.55. The summed E-state index contributed by atoms with van der Waals surface area (Å²) in [6, 6.07) is 0. The predicted octanol–water partition coefficient (Wildman–Crippen LogP) is 1.48. The molecule has 0 unspecified atom stereocenters. The maximum Gasteiger partial charge on any atom is 0.0268 e. The molecule has 1 nitrogen and oxygen atoms in total. The lowest BCUT2D eigenvalue weighted by atomic mass is 10.3. The first kappa shape index (κ1) is 11.2. The molecular formula is C9H22NSi. The first-order chi connectivity index (χ1) is 5.35. The predicted molar refractivity (Wildman–Crippen MR) is 54.8 cm³/mol. The fourth-order valence-electron chi connectivity index (χ4n) is 1.10. The smallest absolute Gasteiger partial charge is 0.0268 e. The van der Waals surface area contributed by atoms with Crippen LogP contribution in [0.1, 0.15) is 39.5 Å². The van der Waals surface area contributed by atoms with Crippen LogP contribution < -0.4 is 0 Å². The lowest BCUT2D eigenvalue weighted by Crippen LogP contribution is -2.27. The number of nitrogens with zero attached hydrogens (tertiary/aromatic N) is 1. The molecule has 0 saturated carbocycles. The van der Waals surface area contributed by atoms with E-state index in [2.05, 4.69) is 29.0 Å². The third-order valence-corrected chi connectivity index (χ3v) is 2.60.